The smallest absolute Gasteiger partial charge is 0.126 e. The summed E-state index contributed by atoms with van der Waals surface area (Å²) < 4.78 is 0. The van der Waals surface area contributed by atoms with Gasteiger partial charge in [-0.1, -0.05) is 12.1 Å². The van der Waals surface area contributed by atoms with E-state index in [2.05, 4.69) is 10.3 Å². The molecule has 2 aromatic rings. The van der Waals surface area contributed by atoms with Gasteiger partial charge in [-0.25, -0.2) is 4.98 Å². The lowest BCUT2D eigenvalue weighted by molar-refractivity contribution is 0.475. The summed E-state index contributed by atoms with van der Waals surface area (Å²) in [5.41, 5.74) is 2.01. The Bertz CT molecular complexity index is 469. The van der Waals surface area contributed by atoms with E-state index in [0.29, 0.717) is 0 Å². The number of hydrogen-bond donors (Lipinski definition) is 2. The van der Waals surface area contributed by atoms with Gasteiger partial charge in [0, 0.05) is 13.2 Å². The van der Waals surface area contributed by atoms with Gasteiger partial charge in [0.05, 0.1) is 0 Å². The van der Waals surface area contributed by atoms with Crippen LogP contribution in [0.2, 0.25) is 0 Å². The van der Waals surface area contributed by atoms with Gasteiger partial charge in [0.2, 0.25) is 0 Å². The lowest BCUT2D eigenvalue weighted by Gasteiger charge is -2.04. The fourth-order valence-electron chi connectivity index (χ4n) is 1.43. The zero-order valence-corrected chi connectivity index (χ0v) is 8.44. The number of phenolic OH excluding ortho intramolecular Hbond substituents is 1. The molecule has 15 heavy (non-hydrogen) atoms. The molecule has 0 spiro atoms. The Morgan fingerprint density at radius 3 is 2.67 bits per heavy atom. The van der Waals surface area contributed by atoms with E-state index in [1.54, 1.807) is 18.3 Å². The minimum atomic E-state index is 0.273. The van der Waals surface area contributed by atoms with Crippen molar-refractivity contribution < 1.29 is 5.11 Å². The van der Waals surface area contributed by atoms with Crippen LogP contribution < -0.4 is 5.32 Å². The number of nitrogens with zero attached hydrogens (tertiary/aromatic N) is 1. The van der Waals surface area contributed by atoms with Gasteiger partial charge in [0.15, 0.2) is 0 Å². The Labute approximate surface area is 88.4 Å². The maximum atomic E-state index is 9.37. The van der Waals surface area contributed by atoms with Crippen molar-refractivity contribution in [3.63, 3.8) is 0 Å². The summed E-state index contributed by atoms with van der Waals surface area (Å²) in [6.07, 6.45) is 1.74. The van der Waals surface area contributed by atoms with E-state index >= 15 is 0 Å². The molecule has 0 unspecified atom stereocenters. The molecule has 2 N–H and O–H groups in total. The minimum absolute atomic E-state index is 0.273. The molecule has 0 fully saturated rings. The number of aromatic hydroxyl groups is 1. The molecular formula is C12H12N2O. The second-order valence-electron chi connectivity index (χ2n) is 3.23. The third kappa shape index (κ3) is 2.07. The van der Waals surface area contributed by atoms with Gasteiger partial charge in [-0.15, -0.1) is 0 Å². The highest BCUT2D eigenvalue weighted by Crippen LogP contribution is 2.24. The van der Waals surface area contributed by atoms with E-state index in [4.69, 9.17) is 0 Å². The Kier molecular flexibility index (Phi) is 2.54. The van der Waals surface area contributed by atoms with Crippen molar-refractivity contribution in [1.82, 2.24) is 4.98 Å². The van der Waals surface area contributed by atoms with Crippen LogP contribution in [0.3, 0.4) is 0 Å². The molecule has 76 valence electrons. The van der Waals surface area contributed by atoms with Crippen LogP contribution >= 0.6 is 0 Å². The zero-order chi connectivity index (χ0) is 10.7. The Morgan fingerprint density at radius 2 is 1.93 bits per heavy atom. The predicted octanol–water partition coefficient (Wildman–Crippen LogP) is 2.50. The van der Waals surface area contributed by atoms with Gasteiger partial charge in [0.25, 0.3) is 0 Å². The molecule has 0 saturated heterocycles. The highest BCUT2D eigenvalue weighted by molar-refractivity contribution is 5.67. The quantitative estimate of drug-likeness (QED) is 0.782. The van der Waals surface area contributed by atoms with E-state index in [1.807, 2.05) is 31.3 Å². The predicted molar refractivity (Wildman–Crippen MR) is 60.9 cm³/mol. The molecule has 0 amide bonds. The molecule has 1 aromatic heterocycles. The van der Waals surface area contributed by atoms with Gasteiger partial charge in [0.1, 0.15) is 11.6 Å². The monoisotopic (exact) mass is 200 g/mol. The summed E-state index contributed by atoms with van der Waals surface area (Å²) in [7, 11) is 1.83. The van der Waals surface area contributed by atoms with Crippen molar-refractivity contribution >= 4 is 5.82 Å². The van der Waals surface area contributed by atoms with Crippen LogP contribution in [0.25, 0.3) is 11.1 Å². The van der Waals surface area contributed by atoms with E-state index in [1.165, 1.54) is 0 Å². The van der Waals surface area contributed by atoms with Gasteiger partial charge < -0.3 is 10.4 Å². The molecule has 0 radical (unpaired) electrons. The van der Waals surface area contributed by atoms with Crippen molar-refractivity contribution in [1.29, 1.82) is 0 Å². The van der Waals surface area contributed by atoms with Crippen LogP contribution in [0.15, 0.2) is 42.6 Å². The molecule has 3 heteroatoms. The molecule has 3 nitrogen and oxygen atoms in total. The standard InChI is InChI=1S/C12H12N2O/c1-13-12-8-10(5-6-14-12)9-3-2-4-11(15)7-9/h2-8,15H,1H3,(H,13,14). The summed E-state index contributed by atoms with van der Waals surface area (Å²) in [5.74, 6) is 1.09. The number of rotatable bonds is 2. The van der Waals surface area contributed by atoms with Gasteiger partial charge in [-0.3, -0.25) is 0 Å². The van der Waals surface area contributed by atoms with Gasteiger partial charge in [-0.05, 0) is 35.4 Å². The average molecular weight is 200 g/mol. The second-order valence-corrected chi connectivity index (χ2v) is 3.23. The molecule has 0 aliphatic rings. The Hall–Kier alpha value is -2.03. The third-order valence-corrected chi connectivity index (χ3v) is 2.20. The largest absolute Gasteiger partial charge is 0.508 e. The number of anilines is 1. The minimum Gasteiger partial charge on any atom is -0.508 e. The Balaban J connectivity index is 2.44. The first kappa shape index (κ1) is 9.52. The lowest BCUT2D eigenvalue weighted by Crippen LogP contribution is -1.91. The van der Waals surface area contributed by atoms with E-state index in [9.17, 15) is 5.11 Å². The first-order valence-corrected chi connectivity index (χ1v) is 4.73. The van der Waals surface area contributed by atoms with Crippen LogP contribution in [0, 0.1) is 0 Å². The topological polar surface area (TPSA) is 45.1 Å². The number of aromatic nitrogens is 1. The first-order valence-electron chi connectivity index (χ1n) is 4.73. The van der Waals surface area contributed by atoms with E-state index in [0.717, 1.165) is 16.9 Å². The highest BCUT2D eigenvalue weighted by atomic mass is 16.3. The van der Waals surface area contributed by atoms with Gasteiger partial charge >= 0.3 is 0 Å². The van der Waals surface area contributed by atoms with Crippen molar-refractivity contribution in [2.45, 2.75) is 0 Å². The summed E-state index contributed by atoms with van der Waals surface area (Å²) in [6.45, 7) is 0. The zero-order valence-electron chi connectivity index (χ0n) is 8.44. The second kappa shape index (κ2) is 4.00. The third-order valence-electron chi connectivity index (χ3n) is 2.20. The first-order chi connectivity index (χ1) is 7.29. The summed E-state index contributed by atoms with van der Waals surface area (Å²) in [6, 6.07) is 11.0. The number of phenols is 1. The maximum Gasteiger partial charge on any atom is 0.126 e. The Morgan fingerprint density at radius 1 is 1.13 bits per heavy atom. The molecule has 0 aliphatic heterocycles. The fraction of sp³-hybridized carbons (Fsp3) is 0.0833. The van der Waals surface area contributed by atoms with E-state index < -0.39 is 0 Å². The number of benzene rings is 1. The van der Waals surface area contributed by atoms with E-state index in [-0.39, 0.29) is 5.75 Å². The normalized spacial score (nSPS) is 9.93. The summed E-state index contributed by atoms with van der Waals surface area (Å²) >= 11 is 0. The molecule has 1 heterocycles. The van der Waals surface area contributed by atoms with Gasteiger partial charge in [-0.2, -0.15) is 0 Å². The number of pyridine rings is 1. The number of hydrogen-bond acceptors (Lipinski definition) is 3. The summed E-state index contributed by atoms with van der Waals surface area (Å²) in [5, 5.41) is 12.3. The molecule has 2 rings (SSSR count). The fourth-order valence-corrected chi connectivity index (χ4v) is 1.43. The molecule has 0 bridgehead atoms. The summed E-state index contributed by atoms with van der Waals surface area (Å²) in [4.78, 5) is 4.13. The van der Waals surface area contributed by atoms with Crippen LogP contribution in [0.4, 0.5) is 5.82 Å². The number of nitrogens with one attached hydrogen (secondary N) is 1. The maximum absolute atomic E-state index is 9.37. The van der Waals surface area contributed by atoms with Crippen molar-refractivity contribution in [2.24, 2.45) is 0 Å². The molecular weight excluding hydrogens is 188 g/mol. The van der Waals surface area contributed by atoms with Crippen LogP contribution in [-0.2, 0) is 0 Å². The van der Waals surface area contributed by atoms with Crippen LogP contribution in [0.5, 0.6) is 5.75 Å². The highest BCUT2D eigenvalue weighted by Gasteiger charge is 1.99. The molecule has 1 aromatic carbocycles. The molecule has 0 aliphatic carbocycles. The average Bonchev–Trinajstić information content (AvgIpc) is 2.29. The van der Waals surface area contributed by atoms with Crippen LogP contribution in [0.1, 0.15) is 0 Å². The molecule has 0 saturated carbocycles. The van der Waals surface area contributed by atoms with Crippen molar-refractivity contribution in [2.75, 3.05) is 12.4 Å². The lowest BCUT2D eigenvalue weighted by atomic mass is 10.1. The van der Waals surface area contributed by atoms with Crippen molar-refractivity contribution in [3.05, 3.63) is 42.6 Å². The SMILES string of the molecule is CNc1cc(-c2cccc(O)c2)ccn1. The molecule has 0 atom stereocenters. The van der Waals surface area contributed by atoms with Crippen LogP contribution in [-0.4, -0.2) is 17.1 Å². The van der Waals surface area contributed by atoms with Crippen molar-refractivity contribution in [3.8, 4) is 16.9 Å².